The second-order valence-corrected chi connectivity index (χ2v) is 10.2. The van der Waals surface area contributed by atoms with Crippen LogP contribution in [0.5, 0.6) is 0 Å². The normalized spacial score (nSPS) is 27.5. The van der Waals surface area contributed by atoms with Gasteiger partial charge < -0.3 is 10.2 Å². The molecular formula is C23H35FO3S. The lowest BCUT2D eigenvalue weighted by atomic mass is 9.62. The summed E-state index contributed by atoms with van der Waals surface area (Å²) in [7, 11) is 0. The topological polar surface area (TPSA) is 57.5 Å². The van der Waals surface area contributed by atoms with Crippen molar-refractivity contribution < 1.29 is 19.4 Å². The monoisotopic (exact) mass is 410 g/mol. The average Bonchev–Trinajstić information content (AvgIpc) is 3.23. The van der Waals surface area contributed by atoms with Gasteiger partial charge in [0.25, 0.3) is 0 Å². The molecule has 28 heavy (non-hydrogen) atoms. The van der Waals surface area contributed by atoms with E-state index in [2.05, 4.69) is 6.92 Å². The highest BCUT2D eigenvalue weighted by molar-refractivity contribution is 7.13. The summed E-state index contributed by atoms with van der Waals surface area (Å²) in [4.78, 5) is 12.5. The molecule has 0 saturated heterocycles. The SMILES string of the molecule is CCC1(C(O)CCCC2[C@@H](CCCc3ccc(C(=O)O)s3)CC[C@H]2F)CCC1. The van der Waals surface area contributed by atoms with Crippen LogP contribution in [0.3, 0.4) is 0 Å². The Bertz CT molecular complexity index is 634. The molecule has 4 atom stereocenters. The Balaban J connectivity index is 1.41. The van der Waals surface area contributed by atoms with Crippen LogP contribution in [0.25, 0.3) is 0 Å². The average molecular weight is 411 g/mol. The van der Waals surface area contributed by atoms with E-state index in [1.807, 2.05) is 6.07 Å². The fourth-order valence-corrected chi connectivity index (χ4v) is 6.33. The first-order chi connectivity index (χ1) is 13.4. The number of aromatic carboxylic acids is 1. The smallest absolute Gasteiger partial charge is 0.345 e. The third kappa shape index (κ3) is 4.96. The van der Waals surface area contributed by atoms with Crippen molar-refractivity contribution in [3.63, 3.8) is 0 Å². The van der Waals surface area contributed by atoms with E-state index in [4.69, 9.17) is 5.11 Å². The van der Waals surface area contributed by atoms with E-state index >= 15 is 0 Å². The van der Waals surface area contributed by atoms with Crippen LogP contribution >= 0.6 is 11.3 Å². The van der Waals surface area contributed by atoms with Crippen LogP contribution in [0.1, 0.15) is 92.1 Å². The van der Waals surface area contributed by atoms with Crippen LogP contribution in [0.15, 0.2) is 12.1 Å². The summed E-state index contributed by atoms with van der Waals surface area (Å²) in [5, 5.41) is 19.6. The maximum absolute atomic E-state index is 14.5. The summed E-state index contributed by atoms with van der Waals surface area (Å²) in [6, 6.07) is 3.58. The lowest BCUT2D eigenvalue weighted by Crippen LogP contribution is -2.40. The summed E-state index contributed by atoms with van der Waals surface area (Å²) >= 11 is 1.35. The van der Waals surface area contributed by atoms with Gasteiger partial charge in [0.2, 0.25) is 0 Å². The van der Waals surface area contributed by atoms with E-state index in [0.717, 1.165) is 69.1 Å². The van der Waals surface area contributed by atoms with Crippen molar-refractivity contribution in [3.8, 4) is 0 Å². The van der Waals surface area contributed by atoms with Crippen molar-refractivity contribution in [2.45, 2.75) is 96.2 Å². The molecule has 0 bridgehead atoms. The minimum absolute atomic E-state index is 0.143. The van der Waals surface area contributed by atoms with Gasteiger partial charge in [-0.15, -0.1) is 11.3 Å². The van der Waals surface area contributed by atoms with Gasteiger partial charge in [-0.1, -0.05) is 19.8 Å². The third-order valence-corrected chi connectivity index (χ3v) is 8.66. The van der Waals surface area contributed by atoms with Crippen molar-refractivity contribution in [1.29, 1.82) is 0 Å². The number of aliphatic hydroxyl groups excluding tert-OH is 1. The first kappa shape index (κ1) is 21.8. The van der Waals surface area contributed by atoms with Crippen LogP contribution in [-0.2, 0) is 6.42 Å². The first-order valence-corrected chi connectivity index (χ1v) is 11.9. The number of aryl methyl sites for hydroxylation is 1. The minimum atomic E-state index is -0.860. The van der Waals surface area contributed by atoms with Gasteiger partial charge in [-0.05, 0) is 93.6 Å². The standard InChI is InChI=1S/C23H35FO3S/c1-2-23(14-5-15-23)21(25)9-4-8-18-16(10-12-19(18)24)6-3-7-17-11-13-20(28-17)22(26)27/h11,13,16,18-19,21,25H,2-10,12,14-15H2,1H3,(H,26,27)/t16-,18?,19+,21?/m0/s1. The van der Waals surface area contributed by atoms with Crippen molar-refractivity contribution in [2.75, 3.05) is 0 Å². The molecule has 1 aromatic rings. The maximum Gasteiger partial charge on any atom is 0.345 e. The summed E-state index contributed by atoms with van der Waals surface area (Å²) in [5.41, 5.74) is 0.152. The highest BCUT2D eigenvalue weighted by Crippen LogP contribution is 2.48. The Morgan fingerprint density at radius 3 is 2.68 bits per heavy atom. The molecule has 5 heteroatoms. The Morgan fingerprint density at radius 1 is 1.29 bits per heavy atom. The quantitative estimate of drug-likeness (QED) is 0.454. The number of thiophene rings is 1. The molecule has 0 radical (unpaired) electrons. The molecule has 2 saturated carbocycles. The summed E-state index contributed by atoms with van der Waals surface area (Å²) in [5.74, 6) is -0.278. The van der Waals surface area contributed by atoms with Crippen LogP contribution in [-0.4, -0.2) is 28.5 Å². The molecule has 0 amide bonds. The predicted molar refractivity (Wildman–Crippen MR) is 112 cm³/mol. The number of rotatable bonds is 11. The van der Waals surface area contributed by atoms with Gasteiger partial charge in [0.15, 0.2) is 0 Å². The van der Waals surface area contributed by atoms with E-state index in [9.17, 15) is 14.3 Å². The fourth-order valence-electron chi connectivity index (χ4n) is 5.44. The van der Waals surface area contributed by atoms with Crippen molar-refractivity contribution in [2.24, 2.45) is 17.3 Å². The largest absolute Gasteiger partial charge is 0.477 e. The second-order valence-electron chi connectivity index (χ2n) is 9.00. The van der Waals surface area contributed by atoms with E-state index in [1.54, 1.807) is 6.07 Å². The molecule has 3 rings (SSSR count). The molecule has 2 N–H and O–H groups in total. The van der Waals surface area contributed by atoms with E-state index in [0.29, 0.717) is 17.2 Å². The molecule has 2 aliphatic rings. The Kier molecular flexibility index (Phi) is 7.54. The molecule has 0 aromatic carbocycles. The number of hydrogen-bond acceptors (Lipinski definition) is 3. The Hall–Kier alpha value is -0.940. The Labute approximate surface area is 172 Å². The van der Waals surface area contributed by atoms with E-state index in [1.165, 1.54) is 17.8 Å². The number of carboxylic acid groups (broad SMARTS) is 1. The van der Waals surface area contributed by atoms with Crippen LogP contribution < -0.4 is 0 Å². The van der Waals surface area contributed by atoms with Gasteiger partial charge >= 0.3 is 5.97 Å². The number of aliphatic hydroxyl groups is 1. The Morgan fingerprint density at radius 2 is 2.07 bits per heavy atom. The van der Waals surface area contributed by atoms with Crippen molar-refractivity contribution >= 4 is 17.3 Å². The van der Waals surface area contributed by atoms with Crippen LogP contribution in [0.4, 0.5) is 4.39 Å². The lowest BCUT2D eigenvalue weighted by Gasteiger charge is -2.45. The summed E-state index contributed by atoms with van der Waals surface area (Å²) in [6.07, 6.45) is 10.9. The molecule has 2 unspecified atom stereocenters. The summed E-state index contributed by atoms with van der Waals surface area (Å²) < 4.78 is 14.5. The summed E-state index contributed by atoms with van der Waals surface area (Å²) in [6.45, 7) is 2.18. The number of carbonyl (C=O) groups is 1. The lowest BCUT2D eigenvalue weighted by molar-refractivity contribution is -0.0440. The fraction of sp³-hybridized carbons (Fsp3) is 0.783. The van der Waals surface area contributed by atoms with Gasteiger partial charge in [-0.25, -0.2) is 9.18 Å². The minimum Gasteiger partial charge on any atom is -0.477 e. The van der Waals surface area contributed by atoms with Crippen LogP contribution in [0.2, 0.25) is 0 Å². The molecule has 3 nitrogen and oxygen atoms in total. The third-order valence-electron chi connectivity index (χ3n) is 7.53. The maximum atomic E-state index is 14.5. The molecular weight excluding hydrogens is 375 g/mol. The highest BCUT2D eigenvalue weighted by atomic mass is 32.1. The van der Waals surface area contributed by atoms with Crippen LogP contribution in [0, 0.1) is 17.3 Å². The highest BCUT2D eigenvalue weighted by Gasteiger charge is 2.41. The number of alkyl halides is 1. The van der Waals surface area contributed by atoms with Gasteiger partial charge in [0.05, 0.1) is 6.10 Å². The first-order valence-electron chi connectivity index (χ1n) is 11.1. The van der Waals surface area contributed by atoms with Crippen molar-refractivity contribution in [3.05, 3.63) is 21.9 Å². The van der Waals surface area contributed by atoms with E-state index < -0.39 is 12.1 Å². The van der Waals surface area contributed by atoms with Gasteiger partial charge in [-0.2, -0.15) is 0 Å². The number of hydrogen-bond donors (Lipinski definition) is 2. The predicted octanol–water partition coefficient (Wildman–Crippen LogP) is 6.24. The van der Waals surface area contributed by atoms with Gasteiger partial charge in [0.1, 0.15) is 11.0 Å². The molecule has 158 valence electrons. The number of carboxylic acids is 1. The number of halogens is 1. The zero-order chi connectivity index (χ0) is 20.1. The molecule has 0 aliphatic heterocycles. The zero-order valence-electron chi connectivity index (χ0n) is 17.0. The molecule has 2 aliphatic carbocycles. The molecule has 1 heterocycles. The van der Waals surface area contributed by atoms with E-state index in [-0.39, 0.29) is 17.4 Å². The molecule has 2 fully saturated rings. The van der Waals surface area contributed by atoms with Crippen molar-refractivity contribution in [1.82, 2.24) is 0 Å². The molecule has 1 aromatic heterocycles. The van der Waals surface area contributed by atoms with Gasteiger partial charge in [0, 0.05) is 4.88 Å². The molecule has 0 spiro atoms. The van der Waals surface area contributed by atoms with Gasteiger partial charge in [-0.3, -0.25) is 0 Å². The second kappa shape index (κ2) is 9.71. The zero-order valence-corrected chi connectivity index (χ0v) is 17.9.